The molecule has 0 aromatic carbocycles. The molecule has 1 unspecified atom stereocenters. The van der Waals surface area contributed by atoms with E-state index in [-0.39, 0.29) is 28.4 Å². The molecule has 6 nitrogen and oxygen atoms in total. The highest BCUT2D eigenvalue weighted by atomic mass is 35.5. The zero-order valence-corrected chi connectivity index (χ0v) is 11.8. The Bertz CT molecular complexity index is 526. The lowest BCUT2D eigenvalue weighted by Crippen LogP contribution is -2.44. The minimum Gasteiger partial charge on any atom is -0.334 e. The van der Waals surface area contributed by atoms with Gasteiger partial charge in [0.1, 0.15) is 11.3 Å². The van der Waals surface area contributed by atoms with Crippen LogP contribution >= 0.6 is 23.4 Å². The molecule has 0 saturated carbocycles. The fraction of sp³-hybridized carbons (Fsp3) is 0.455. The van der Waals surface area contributed by atoms with Crippen LogP contribution in [0.2, 0.25) is 5.15 Å². The summed E-state index contributed by atoms with van der Waals surface area (Å²) >= 11 is 7.66. The summed E-state index contributed by atoms with van der Waals surface area (Å²) in [7, 11) is 0. The molecule has 1 atom stereocenters. The van der Waals surface area contributed by atoms with E-state index in [9.17, 15) is 14.9 Å². The van der Waals surface area contributed by atoms with Crippen LogP contribution in [0.5, 0.6) is 0 Å². The van der Waals surface area contributed by atoms with Crippen molar-refractivity contribution < 1.29 is 9.72 Å². The zero-order chi connectivity index (χ0) is 14.0. The van der Waals surface area contributed by atoms with Gasteiger partial charge in [-0.3, -0.25) is 14.9 Å². The minimum absolute atomic E-state index is 0.000950. The van der Waals surface area contributed by atoms with E-state index in [0.717, 1.165) is 17.7 Å². The Labute approximate surface area is 119 Å². The van der Waals surface area contributed by atoms with Crippen LogP contribution < -0.4 is 0 Å². The van der Waals surface area contributed by atoms with E-state index in [1.807, 2.05) is 6.92 Å². The second-order valence-corrected chi connectivity index (χ2v) is 5.72. The van der Waals surface area contributed by atoms with Crippen LogP contribution in [-0.4, -0.2) is 44.8 Å². The number of carbonyl (C=O) groups excluding carboxylic acids is 1. The highest BCUT2D eigenvalue weighted by molar-refractivity contribution is 7.99. The first kappa shape index (κ1) is 14.1. The quantitative estimate of drug-likeness (QED) is 0.475. The molecule has 2 rings (SSSR count). The predicted molar refractivity (Wildman–Crippen MR) is 73.7 cm³/mol. The molecule has 8 heteroatoms. The zero-order valence-electron chi connectivity index (χ0n) is 10.2. The first-order chi connectivity index (χ1) is 9.00. The van der Waals surface area contributed by atoms with Crippen molar-refractivity contribution >= 4 is 35.0 Å². The molecule has 2 heterocycles. The summed E-state index contributed by atoms with van der Waals surface area (Å²) in [6.45, 7) is 2.56. The summed E-state index contributed by atoms with van der Waals surface area (Å²) in [6, 6.07) is 1.27. The van der Waals surface area contributed by atoms with Gasteiger partial charge in [-0.25, -0.2) is 4.98 Å². The Morgan fingerprint density at radius 1 is 1.68 bits per heavy atom. The van der Waals surface area contributed by atoms with E-state index < -0.39 is 4.92 Å². The number of amides is 1. The van der Waals surface area contributed by atoms with Crippen molar-refractivity contribution in [3.05, 3.63) is 33.1 Å². The summed E-state index contributed by atoms with van der Waals surface area (Å²) in [4.78, 5) is 27.9. The number of rotatable bonds is 2. The van der Waals surface area contributed by atoms with Crippen LogP contribution in [0.4, 0.5) is 5.69 Å². The van der Waals surface area contributed by atoms with Gasteiger partial charge < -0.3 is 4.90 Å². The number of nitro groups is 1. The number of hydrogen-bond acceptors (Lipinski definition) is 5. The maximum Gasteiger partial charge on any atom is 0.288 e. The maximum atomic E-state index is 12.4. The largest absolute Gasteiger partial charge is 0.334 e. The molecule has 1 aliphatic rings. The first-order valence-electron chi connectivity index (χ1n) is 5.69. The number of hydrogen-bond donors (Lipinski definition) is 0. The fourth-order valence-corrected chi connectivity index (χ4v) is 3.07. The SMILES string of the molecule is CC1CSCCN1C(=O)c1cc([N+](=O)[O-])cnc1Cl. The average Bonchev–Trinajstić information content (AvgIpc) is 2.38. The van der Waals surface area contributed by atoms with Crippen LogP contribution in [0.15, 0.2) is 12.3 Å². The number of pyridine rings is 1. The van der Waals surface area contributed by atoms with E-state index in [1.54, 1.807) is 16.7 Å². The Morgan fingerprint density at radius 2 is 2.42 bits per heavy atom. The van der Waals surface area contributed by atoms with E-state index in [1.165, 1.54) is 6.07 Å². The molecular formula is C11H12ClN3O3S. The van der Waals surface area contributed by atoms with Gasteiger partial charge in [-0.1, -0.05) is 11.6 Å². The highest BCUT2D eigenvalue weighted by Crippen LogP contribution is 2.24. The molecule has 1 aromatic heterocycles. The van der Waals surface area contributed by atoms with Crippen molar-refractivity contribution in [1.82, 2.24) is 9.88 Å². The van der Waals surface area contributed by atoms with E-state index >= 15 is 0 Å². The van der Waals surface area contributed by atoms with Crippen LogP contribution in [0.1, 0.15) is 17.3 Å². The van der Waals surface area contributed by atoms with Crippen molar-refractivity contribution in [1.29, 1.82) is 0 Å². The third kappa shape index (κ3) is 2.98. The third-order valence-corrected chi connectivity index (χ3v) is 4.38. The van der Waals surface area contributed by atoms with Gasteiger partial charge in [0.05, 0.1) is 10.5 Å². The molecule has 0 N–H and O–H groups in total. The number of halogens is 1. The van der Waals surface area contributed by atoms with E-state index in [2.05, 4.69) is 4.98 Å². The molecule has 1 saturated heterocycles. The molecular weight excluding hydrogens is 290 g/mol. The van der Waals surface area contributed by atoms with Gasteiger partial charge in [-0.2, -0.15) is 11.8 Å². The number of nitrogens with zero attached hydrogens (tertiary/aromatic N) is 3. The van der Waals surface area contributed by atoms with Crippen LogP contribution in [0.3, 0.4) is 0 Å². The standard InChI is InChI=1S/C11H12ClN3O3S/c1-7-6-19-3-2-14(7)11(16)9-4-8(15(17)18)5-13-10(9)12/h4-5,7H,2-3,6H2,1H3. The lowest BCUT2D eigenvalue weighted by atomic mass is 10.2. The molecule has 1 amide bonds. The van der Waals surface area contributed by atoms with Crippen LogP contribution in [0.25, 0.3) is 0 Å². The van der Waals surface area contributed by atoms with Gasteiger partial charge in [0.15, 0.2) is 0 Å². The van der Waals surface area contributed by atoms with Gasteiger partial charge in [0, 0.05) is 30.2 Å². The first-order valence-corrected chi connectivity index (χ1v) is 7.22. The summed E-state index contributed by atoms with van der Waals surface area (Å²) < 4.78 is 0. The summed E-state index contributed by atoms with van der Waals surface area (Å²) in [5, 5.41) is 10.7. The van der Waals surface area contributed by atoms with Gasteiger partial charge >= 0.3 is 0 Å². The lowest BCUT2D eigenvalue weighted by Gasteiger charge is -2.33. The molecule has 19 heavy (non-hydrogen) atoms. The van der Waals surface area contributed by atoms with Crippen molar-refractivity contribution in [2.45, 2.75) is 13.0 Å². The predicted octanol–water partition coefficient (Wildman–Crippen LogP) is 2.22. The molecule has 0 radical (unpaired) electrons. The lowest BCUT2D eigenvalue weighted by molar-refractivity contribution is -0.385. The number of thioether (sulfide) groups is 1. The molecule has 0 spiro atoms. The topological polar surface area (TPSA) is 76.3 Å². The van der Waals surface area contributed by atoms with Crippen molar-refractivity contribution in [3.8, 4) is 0 Å². The van der Waals surface area contributed by atoms with Gasteiger partial charge in [-0.05, 0) is 6.92 Å². The Morgan fingerprint density at radius 3 is 3.05 bits per heavy atom. The van der Waals surface area contributed by atoms with Crippen LogP contribution in [-0.2, 0) is 0 Å². The normalized spacial score (nSPS) is 19.3. The summed E-state index contributed by atoms with van der Waals surface area (Å²) in [6.07, 6.45) is 1.05. The van der Waals surface area contributed by atoms with Gasteiger partial charge in [0.2, 0.25) is 0 Å². The molecule has 1 aromatic rings. The molecule has 102 valence electrons. The average molecular weight is 302 g/mol. The smallest absolute Gasteiger partial charge is 0.288 e. The van der Waals surface area contributed by atoms with Crippen molar-refractivity contribution in [3.63, 3.8) is 0 Å². The minimum atomic E-state index is -0.588. The maximum absolute atomic E-state index is 12.4. The molecule has 1 aliphatic heterocycles. The second kappa shape index (κ2) is 5.75. The van der Waals surface area contributed by atoms with E-state index in [4.69, 9.17) is 11.6 Å². The van der Waals surface area contributed by atoms with E-state index in [0.29, 0.717) is 6.54 Å². The van der Waals surface area contributed by atoms with Gasteiger partial charge in [-0.15, -0.1) is 0 Å². The van der Waals surface area contributed by atoms with Crippen LogP contribution in [0, 0.1) is 10.1 Å². The molecule has 0 bridgehead atoms. The number of aromatic nitrogens is 1. The monoisotopic (exact) mass is 301 g/mol. The third-order valence-electron chi connectivity index (χ3n) is 2.89. The Kier molecular flexibility index (Phi) is 4.26. The van der Waals surface area contributed by atoms with Gasteiger partial charge in [0.25, 0.3) is 11.6 Å². The van der Waals surface area contributed by atoms with Crippen molar-refractivity contribution in [2.75, 3.05) is 18.1 Å². The molecule has 0 aliphatic carbocycles. The Balaban J connectivity index is 2.32. The Hall–Kier alpha value is -1.34. The molecule has 1 fully saturated rings. The second-order valence-electron chi connectivity index (χ2n) is 4.21. The summed E-state index contributed by atoms with van der Waals surface area (Å²) in [5.74, 6) is 1.41. The summed E-state index contributed by atoms with van der Waals surface area (Å²) in [5.41, 5.74) is -0.138. The number of carbonyl (C=O) groups is 1. The van der Waals surface area contributed by atoms with Crippen molar-refractivity contribution in [2.24, 2.45) is 0 Å². The highest BCUT2D eigenvalue weighted by Gasteiger charge is 2.27. The fourth-order valence-electron chi connectivity index (χ4n) is 1.87.